The molecule has 0 saturated carbocycles. The Bertz CT molecular complexity index is 598. The highest BCUT2D eigenvalue weighted by atomic mass is 35.5. The summed E-state index contributed by atoms with van der Waals surface area (Å²) in [6.45, 7) is 5.59. The fraction of sp³-hybridized carbons (Fsp3) is 0.611. The van der Waals surface area contributed by atoms with Gasteiger partial charge in [0.2, 0.25) is 5.91 Å². The second-order valence-electron chi connectivity index (χ2n) is 6.49. The Kier molecular flexibility index (Phi) is 6.26. The number of piperidine rings is 1. The minimum absolute atomic E-state index is 0.101. The van der Waals surface area contributed by atoms with Gasteiger partial charge >= 0.3 is 0 Å². The van der Waals surface area contributed by atoms with Crippen LogP contribution in [0.15, 0.2) is 12.1 Å². The number of rotatable bonds is 5. The molecule has 0 radical (unpaired) electrons. The summed E-state index contributed by atoms with van der Waals surface area (Å²) in [7, 11) is 5.49. The Labute approximate surface area is 149 Å². The predicted molar refractivity (Wildman–Crippen MR) is 97.0 cm³/mol. The molecule has 0 aromatic heterocycles. The van der Waals surface area contributed by atoms with E-state index < -0.39 is 0 Å². The van der Waals surface area contributed by atoms with Crippen LogP contribution in [-0.4, -0.2) is 55.8 Å². The second-order valence-corrected chi connectivity index (χ2v) is 6.90. The topological polar surface area (TPSA) is 44.8 Å². The minimum Gasteiger partial charge on any atom is -0.327 e. The molecular weight excluding hydrogens is 326 g/mol. The number of carbonyl (C=O) groups is 1. The average molecular weight is 354 g/mol. The van der Waals surface area contributed by atoms with Gasteiger partial charge in [0.15, 0.2) is 0 Å². The second kappa shape index (κ2) is 7.83. The number of nitrogens with one attached hydrogen (secondary N) is 1. The van der Waals surface area contributed by atoms with E-state index in [0.717, 1.165) is 42.6 Å². The summed E-state index contributed by atoms with van der Waals surface area (Å²) in [5.41, 5.74) is 2.80. The van der Waals surface area contributed by atoms with E-state index in [1.54, 1.807) is 7.11 Å². The summed E-state index contributed by atoms with van der Waals surface area (Å²) >= 11 is 6.23. The van der Waals surface area contributed by atoms with Crippen molar-refractivity contribution >= 4 is 17.5 Å². The maximum atomic E-state index is 12.9. The van der Waals surface area contributed by atoms with Crippen LogP contribution in [0.3, 0.4) is 0 Å². The molecule has 1 saturated heterocycles. The number of hydrogen-bond donors (Lipinski definition) is 1. The van der Waals surface area contributed by atoms with E-state index in [1.807, 2.05) is 50.0 Å². The highest BCUT2D eigenvalue weighted by Gasteiger charge is 2.39. The SMILES string of the molecule is CNC1(N(C)C(=O)Cc2c(C)ccc(Cl)c2C)CCN(OC)CC1. The summed E-state index contributed by atoms with van der Waals surface area (Å²) in [5, 5.41) is 6.01. The van der Waals surface area contributed by atoms with Gasteiger partial charge in [-0.15, -0.1) is 0 Å². The van der Waals surface area contributed by atoms with Gasteiger partial charge in [-0.3, -0.25) is 10.1 Å². The summed E-state index contributed by atoms with van der Waals surface area (Å²) in [4.78, 5) is 20.1. The third-order valence-electron chi connectivity index (χ3n) is 5.38. The van der Waals surface area contributed by atoms with E-state index in [2.05, 4.69) is 5.32 Å². The van der Waals surface area contributed by atoms with Gasteiger partial charge in [-0.2, -0.15) is 5.06 Å². The number of likely N-dealkylation sites (N-methyl/N-ethyl adjacent to an activating group) is 1. The Balaban J connectivity index is 2.16. The zero-order valence-corrected chi connectivity index (χ0v) is 16.0. The van der Waals surface area contributed by atoms with Crippen molar-refractivity contribution in [1.82, 2.24) is 15.3 Å². The average Bonchev–Trinajstić information content (AvgIpc) is 2.61. The predicted octanol–water partition coefficient (Wildman–Crippen LogP) is 2.53. The van der Waals surface area contributed by atoms with Crippen molar-refractivity contribution < 1.29 is 9.63 Å². The van der Waals surface area contributed by atoms with Gasteiger partial charge in [-0.1, -0.05) is 17.7 Å². The molecule has 1 aromatic rings. The molecule has 0 atom stereocenters. The molecule has 1 aromatic carbocycles. The third-order valence-corrected chi connectivity index (χ3v) is 5.79. The highest BCUT2D eigenvalue weighted by molar-refractivity contribution is 6.31. The summed E-state index contributed by atoms with van der Waals surface area (Å²) in [6.07, 6.45) is 2.02. The van der Waals surface area contributed by atoms with Gasteiger partial charge in [-0.05, 0) is 56.5 Å². The Hall–Kier alpha value is -1.14. The van der Waals surface area contributed by atoms with Crippen molar-refractivity contribution in [3.63, 3.8) is 0 Å². The summed E-state index contributed by atoms with van der Waals surface area (Å²) in [6, 6.07) is 3.86. The van der Waals surface area contributed by atoms with Crippen LogP contribution in [0, 0.1) is 13.8 Å². The number of halogens is 1. The van der Waals surface area contributed by atoms with E-state index >= 15 is 0 Å². The van der Waals surface area contributed by atoms with Crippen molar-refractivity contribution in [3.8, 4) is 0 Å². The first-order chi connectivity index (χ1) is 11.3. The van der Waals surface area contributed by atoms with Crippen molar-refractivity contribution in [2.75, 3.05) is 34.3 Å². The van der Waals surface area contributed by atoms with Crippen LogP contribution in [0.5, 0.6) is 0 Å². The van der Waals surface area contributed by atoms with E-state index in [-0.39, 0.29) is 11.6 Å². The number of amides is 1. The van der Waals surface area contributed by atoms with Gasteiger partial charge in [0.25, 0.3) is 0 Å². The minimum atomic E-state index is -0.327. The lowest BCUT2D eigenvalue weighted by atomic mass is 9.94. The lowest BCUT2D eigenvalue weighted by Crippen LogP contribution is -2.63. The van der Waals surface area contributed by atoms with Crippen molar-refractivity contribution in [2.45, 2.75) is 38.8 Å². The zero-order chi connectivity index (χ0) is 17.9. The molecule has 1 aliphatic rings. The Morgan fingerprint density at radius 2 is 2.00 bits per heavy atom. The molecule has 2 rings (SSSR count). The smallest absolute Gasteiger partial charge is 0.228 e. The normalized spacial score (nSPS) is 17.8. The molecule has 0 spiro atoms. The fourth-order valence-corrected chi connectivity index (χ4v) is 3.61. The first kappa shape index (κ1) is 19.2. The molecule has 1 N–H and O–H groups in total. The molecule has 1 heterocycles. The summed E-state index contributed by atoms with van der Waals surface area (Å²) in [5.74, 6) is 0.101. The molecule has 134 valence electrons. The van der Waals surface area contributed by atoms with Crippen LogP contribution in [-0.2, 0) is 16.1 Å². The Morgan fingerprint density at radius 3 is 2.54 bits per heavy atom. The van der Waals surface area contributed by atoms with Gasteiger partial charge in [0.1, 0.15) is 0 Å². The molecular formula is C18H28ClN3O2. The molecule has 0 aliphatic carbocycles. The van der Waals surface area contributed by atoms with E-state index in [4.69, 9.17) is 16.4 Å². The lowest BCUT2D eigenvalue weighted by molar-refractivity contribution is -0.170. The van der Waals surface area contributed by atoms with E-state index in [1.165, 1.54) is 0 Å². The number of benzene rings is 1. The van der Waals surface area contributed by atoms with Crippen molar-refractivity contribution in [2.24, 2.45) is 0 Å². The molecule has 0 unspecified atom stereocenters. The molecule has 1 aliphatic heterocycles. The fourth-order valence-electron chi connectivity index (χ4n) is 3.44. The van der Waals surface area contributed by atoms with E-state index in [0.29, 0.717) is 11.4 Å². The number of carbonyl (C=O) groups excluding carboxylic acids is 1. The van der Waals surface area contributed by atoms with Crippen molar-refractivity contribution in [1.29, 1.82) is 0 Å². The first-order valence-electron chi connectivity index (χ1n) is 8.34. The molecule has 6 heteroatoms. The number of hydroxylamine groups is 2. The molecule has 1 amide bonds. The van der Waals surface area contributed by atoms with Crippen LogP contribution in [0.4, 0.5) is 0 Å². The van der Waals surface area contributed by atoms with Crippen LogP contribution >= 0.6 is 11.6 Å². The standard InChI is InChI=1S/C18H28ClN3O2/c1-13-6-7-16(19)14(2)15(13)12-17(23)21(4)18(20-3)8-10-22(24-5)11-9-18/h6-7,20H,8-12H2,1-5H3. The maximum absolute atomic E-state index is 12.9. The Morgan fingerprint density at radius 1 is 1.38 bits per heavy atom. The summed E-state index contributed by atoms with van der Waals surface area (Å²) < 4.78 is 0. The van der Waals surface area contributed by atoms with Crippen LogP contribution in [0.25, 0.3) is 0 Å². The molecule has 1 fully saturated rings. The van der Waals surface area contributed by atoms with E-state index in [9.17, 15) is 4.79 Å². The molecule has 0 bridgehead atoms. The first-order valence-corrected chi connectivity index (χ1v) is 8.71. The lowest BCUT2D eigenvalue weighted by Gasteiger charge is -2.46. The van der Waals surface area contributed by atoms with Gasteiger partial charge in [-0.25, -0.2) is 0 Å². The van der Waals surface area contributed by atoms with Crippen LogP contribution in [0.2, 0.25) is 5.02 Å². The van der Waals surface area contributed by atoms with Crippen molar-refractivity contribution in [3.05, 3.63) is 33.8 Å². The highest BCUT2D eigenvalue weighted by Crippen LogP contribution is 2.28. The quantitative estimate of drug-likeness (QED) is 0.826. The monoisotopic (exact) mass is 353 g/mol. The van der Waals surface area contributed by atoms with Gasteiger partial charge < -0.3 is 9.74 Å². The van der Waals surface area contributed by atoms with Gasteiger partial charge in [0.05, 0.1) is 19.2 Å². The van der Waals surface area contributed by atoms with Crippen LogP contribution < -0.4 is 5.32 Å². The molecule has 24 heavy (non-hydrogen) atoms. The zero-order valence-electron chi connectivity index (χ0n) is 15.3. The maximum Gasteiger partial charge on any atom is 0.228 e. The third kappa shape index (κ3) is 3.75. The number of nitrogens with zero attached hydrogens (tertiary/aromatic N) is 2. The van der Waals surface area contributed by atoms with Gasteiger partial charge in [0, 0.05) is 25.2 Å². The largest absolute Gasteiger partial charge is 0.327 e. The number of hydrogen-bond acceptors (Lipinski definition) is 4. The molecule has 5 nitrogen and oxygen atoms in total. The van der Waals surface area contributed by atoms with Crippen LogP contribution in [0.1, 0.15) is 29.5 Å². The number of aryl methyl sites for hydroxylation is 1.